The standard InChI is InChI=1S/C12H11N5O3/c1-16-7-10(11(15-16)12(13)18)14-6-8-3-2-4-9(5-8)17(19)20/h2-7H,1H3,(H2,13,18). The topological polar surface area (TPSA) is 116 Å². The van der Waals surface area contributed by atoms with Crippen molar-refractivity contribution in [2.24, 2.45) is 17.8 Å². The number of rotatable bonds is 4. The number of carbonyl (C=O) groups excluding carboxylic acids is 1. The summed E-state index contributed by atoms with van der Waals surface area (Å²) in [4.78, 5) is 25.4. The number of nitrogens with zero attached hydrogens (tertiary/aromatic N) is 4. The summed E-state index contributed by atoms with van der Waals surface area (Å²) in [6, 6.07) is 5.98. The van der Waals surface area contributed by atoms with Crippen LogP contribution >= 0.6 is 0 Å². The van der Waals surface area contributed by atoms with Crippen LogP contribution in [0.1, 0.15) is 16.1 Å². The summed E-state index contributed by atoms with van der Waals surface area (Å²) in [6.45, 7) is 0. The average Bonchev–Trinajstić information content (AvgIpc) is 2.78. The molecule has 0 fully saturated rings. The maximum Gasteiger partial charge on any atom is 0.271 e. The zero-order valence-corrected chi connectivity index (χ0v) is 10.6. The Bertz CT molecular complexity index is 705. The highest BCUT2D eigenvalue weighted by molar-refractivity contribution is 5.96. The Kier molecular flexibility index (Phi) is 3.56. The van der Waals surface area contributed by atoms with Gasteiger partial charge in [0.05, 0.1) is 11.1 Å². The molecule has 0 atom stereocenters. The molecule has 1 aromatic heterocycles. The van der Waals surface area contributed by atoms with Gasteiger partial charge >= 0.3 is 0 Å². The molecule has 0 aliphatic carbocycles. The Labute approximate surface area is 113 Å². The number of nitro groups is 1. The number of benzene rings is 1. The molecule has 0 aliphatic heterocycles. The molecule has 0 unspecified atom stereocenters. The maximum atomic E-state index is 11.2. The summed E-state index contributed by atoms with van der Waals surface area (Å²) >= 11 is 0. The summed E-state index contributed by atoms with van der Waals surface area (Å²) < 4.78 is 1.42. The number of aromatic nitrogens is 2. The summed E-state index contributed by atoms with van der Waals surface area (Å²) in [5, 5.41) is 14.5. The van der Waals surface area contributed by atoms with E-state index in [0.29, 0.717) is 11.3 Å². The molecule has 8 nitrogen and oxygen atoms in total. The highest BCUT2D eigenvalue weighted by atomic mass is 16.6. The van der Waals surface area contributed by atoms with E-state index in [1.807, 2.05) is 0 Å². The normalized spacial score (nSPS) is 10.8. The minimum absolute atomic E-state index is 0.0322. The van der Waals surface area contributed by atoms with Crippen molar-refractivity contribution in [2.75, 3.05) is 0 Å². The van der Waals surface area contributed by atoms with Crippen LogP contribution in [-0.4, -0.2) is 26.8 Å². The lowest BCUT2D eigenvalue weighted by molar-refractivity contribution is -0.384. The molecular weight excluding hydrogens is 262 g/mol. The molecule has 0 spiro atoms. The molecule has 2 N–H and O–H groups in total. The Morgan fingerprint density at radius 2 is 2.30 bits per heavy atom. The van der Waals surface area contributed by atoms with E-state index in [1.165, 1.54) is 29.2 Å². The quantitative estimate of drug-likeness (QED) is 0.511. The predicted molar refractivity (Wildman–Crippen MR) is 72.1 cm³/mol. The summed E-state index contributed by atoms with van der Waals surface area (Å²) in [5.41, 5.74) is 6.05. The van der Waals surface area contributed by atoms with Gasteiger partial charge in [-0.25, -0.2) is 0 Å². The highest BCUT2D eigenvalue weighted by Crippen LogP contribution is 2.17. The van der Waals surface area contributed by atoms with Crippen molar-refractivity contribution in [3.05, 3.63) is 51.8 Å². The first-order valence-corrected chi connectivity index (χ1v) is 5.59. The molecule has 1 aromatic carbocycles. The van der Waals surface area contributed by atoms with Crippen molar-refractivity contribution in [3.63, 3.8) is 0 Å². The number of aryl methyl sites for hydroxylation is 1. The molecule has 1 heterocycles. The lowest BCUT2D eigenvalue weighted by Gasteiger charge is -1.94. The van der Waals surface area contributed by atoms with Crippen molar-refractivity contribution in [1.29, 1.82) is 0 Å². The molecule has 1 amide bonds. The number of nitrogens with two attached hydrogens (primary N) is 1. The lowest BCUT2D eigenvalue weighted by atomic mass is 10.2. The van der Waals surface area contributed by atoms with Gasteiger partial charge in [0, 0.05) is 25.4 Å². The van der Waals surface area contributed by atoms with Gasteiger partial charge in [-0.05, 0) is 5.56 Å². The van der Waals surface area contributed by atoms with E-state index in [1.54, 1.807) is 19.2 Å². The third-order valence-corrected chi connectivity index (χ3v) is 2.48. The number of nitro benzene ring substituents is 1. The molecule has 2 aromatic rings. The molecule has 8 heteroatoms. The third kappa shape index (κ3) is 2.86. The molecule has 0 radical (unpaired) electrons. The van der Waals surface area contributed by atoms with Crippen LogP contribution in [0.3, 0.4) is 0 Å². The second kappa shape index (κ2) is 5.31. The van der Waals surface area contributed by atoms with E-state index in [4.69, 9.17) is 5.73 Å². The van der Waals surface area contributed by atoms with Gasteiger partial charge < -0.3 is 5.73 Å². The van der Waals surface area contributed by atoms with E-state index < -0.39 is 10.8 Å². The summed E-state index contributed by atoms with van der Waals surface area (Å²) in [7, 11) is 1.64. The van der Waals surface area contributed by atoms with Crippen molar-refractivity contribution in [2.45, 2.75) is 0 Å². The zero-order chi connectivity index (χ0) is 14.7. The summed E-state index contributed by atoms with van der Waals surface area (Å²) in [6.07, 6.45) is 2.95. The fourth-order valence-corrected chi connectivity index (χ4v) is 1.61. The van der Waals surface area contributed by atoms with E-state index in [9.17, 15) is 14.9 Å². The Morgan fingerprint density at radius 3 is 2.95 bits per heavy atom. The monoisotopic (exact) mass is 273 g/mol. The minimum Gasteiger partial charge on any atom is -0.364 e. The Morgan fingerprint density at radius 1 is 1.55 bits per heavy atom. The van der Waals surface area contributed by atoms with Crippen molar-refractivity contribution < 1.29 is 9.72 Å². The van der Waals surface area contributed by atoms with Gasteiger partial charge in [0.1, 0.15) is 5.69 Å². The van der Waals surface area contributed by atoms with Crippen LogP contribution in [0.2, 0.25) is 0 Å². The largest absolute Gasteiger partial charge is 0.364 e. The van der Waals surface area contributed by atoms with Gasteiger partial charge in [0.25, 0.3) is 11.6 Å². The molecular formula is C12H11N5O3. The van der Waals surface area contributed by atoms with Crippen LogP contribution in [0, 0.1) is 10.1 Å². The fourth-order valence-electron chi connectivity index (χ4n) is 1.61. The van der Waals surface area contributed by atoms with Crippen LogP contribution in [0.25, 0.3) is 0 Å². The third-order valence-electron chi connectivity index (χ3n) is 2.48. The Hall–Kier alpha value is -3.03. The number of aliphatic imine (C=N–C) groups is 1. The number of non-ortho nitro benzene ring substituents is 1. The van der Waals surface area contributed by atoms with Gasteiger partial charge in [0.15, 0.2) is 5.69 Å². The second-order valence-corrected chi connectivity index (χ2v) is 4.01. The fraction of sp³-hybridized carbons (Fsp3) is 0.0833. The molecule has 0 aliphatic rings. The molecule has 2 rings (SSSR count). The average molecular weight is 273 g/mol. The molecule has 102 valence electrons. The van der Waals surface area contributed by atoms with Gasteiger partial charge in [-0.15, -0.1) is 0 Å². The second-order valence-electron chi connectivity index (χ2n) is 4.01. The first-order chi connectivity index (χ1) is 9.47. The van der Waals surface area contributed by atoms with Gasteiger partial charge in [-0.3, -0.25) is 24.6 Å². The van der Waals surface area contributed by atoms with Gasteiger partial charge in [-0.2, -0.15) is 5.10 Å². The number of hydrogen-bond donors (Lipinski definition) is 1. The van der Waals surface area contributed by atoms with Crippen LogP contribution in [-0.2, 0) is 7.05 Å². The number of amides is 1. The van der Waals surface area contributed by atoms with Crippen LogP contribution in [0.15, 0.2) is 35.5 Å². The smallest absolute Gasteiger partial charge is 0.271 e. The lowest BCUT2D eigenvalue weighted by Crippen LogP contribution is -2.12. The van der Waals surface area contributed by atoms with Crippen molar-refractivity contribution in [3.8, 4) is 0 Å². The molecule has 0 saturated heterocycles. The van der Waals surface area contributed by atoms with E-state index in [0.717, 1.165) is 0 Å². The van der Waals surface area contributed by atoms with Crippen LogP contribution < -0.4 is 5.73 Å². The maximum absolute atomic E-state index is 11.2. The zero-order valence-electron chi connectivity index (χ0n) is 10.6. The highest BCUT2D eigenvalue weighted by Gasteiger charge is 2.11. The minimum atomic E-state index is -0.684. The first-order valence-electron chi connectivity index (χ1n) is 5.59. The van der Waals surface area contributed by atoms with E-state index >= 15 is 0 Å². The van der Waals surface area contributed by atoms with Crippen LogP contribution in [0.5, 0.6) is 0 Å². The number of hydrogen-bond acceptors (Lipinski definition) is 5. The van der Waals surface area contributed by atoms with Crippen molar-refractivity contribution in [1.82, 2.24) is 9.78 Å². The van der Waals surface area contributed by atoms with Gasteiger partial charge in [0.2, 0.25) is 0 Å². The van der Waals surface area contributed by atoms with Crippen LogP contribution in [0.4, 0.5) is 11.4 Å². The molecule has 0 saturated carbocycles. The molecule has 0 bridgehead atoms. The summed E-state index contributed by atoms with van der Waals surface area (Å²) in [5.74, 6) is -0.684. The van der Waals surface area contributed by atoms with E-state index in [-0.39, 0.29) is 11.4 Å². The van der Waals surface area contributed by atoms with Crippen molar-refractivity contribution >= 4 is 23.5 Å². The SMILES string of the molecule is Cn1cc(N=Cc2cccc([N+](=O)[O-])c2)c(C(N)=O)n1. The predicted octanol–water partition coefficient (Wildman–Crippen LogP) is 1.18. The Balaban J connectivity index is 2.32. The first kappa shape index (κ1) is 13.4. The number of primary amides is 1. The number of carbonyl (C=O) groups is 1. The van der Waals surface area contributed by atoms with E-state index in [2.05, 4.69) is 10.1 Å². The molecule has 20 heavy (non-hydrogen) atoms. The van der Waals surface area contributed by atoms with Gasteiger partial charge in [-0.1, -0.05) is 12.1 Å².